The predicted octanol–water partition coefficient (Wildman–Crippen LogP) is 3.20. The monoisotopic (exact) mass is 327 g/mol. The molecule has 0 aliphatic rings. The van der Waals surface area contributed by atoms with Crippen LogP contribution >= 0.6 is 0 Å². The summed E-state index contributed by atoms with van der Waals surface area (Å²) in [5, 5.41) is 12.1. The number of hydrogen-bond donors (Lipinski definition) is 2. The van der Waals surface area contributed by atoms with Crippen molar-refractivity contribution in [3.63, 3.8) is 0 Å². The van der Waals surface area contributed by atoms with Crippen LogP contribution in [0.3, 0.4) is 0 Å². The first-order chi connectivity index (χ1) is 11.5. The van der Waals surface area contributed by atoms with Crippen LogP contribution < -0.4 is 10.1 Å². The Labute approximate surface area is 141 Å². The summed E-state index contributed by atoms with van der Waals surface area (Å²) in [7, 11) is 0. The van der Waals surface area contributed by atoms with Gasteiger partial charge in [0, 0.05) is 5.56 Å². The van der Waals surface area contributed by atoms with Crippen LogP contribution in [-0.4, -0.2) is 23.6 Å². The van der Waals surface area contributed by atoms with E-state index in [9.17, 15) is 14.7 Å². The third kappa shape index (κ3) is 4.35. The zero-order valence-corrected chi connectivity index (χ0v) is 13.8. The minimum absolute atomic E-state index is 0.0175. The van der Waals surface area contributed by atoms with Gasteiger partial charge in [0.1, 0.15) is 5.75 Å². The van der Waals surface area contributed by atoms with Crippen molar-refractivity contribution in [1.82, 2.24) is 5.32 Å². The number of amides is 1. The van der Waals surface area contributed by atoms with Gasteiger partial charge in [-0.3, -0.25) is 4.79 Å². The minimum atomic E-state index is -1.03. The van der Waals surface area contributed by atoms with E-state index in [4.69, 9.17) is 4.74 Å². The maximum Gasteiger partial charge on any atom is 0.335 e. The van der Waals surface area contributed by atoms with E-state index in [1.54, 1.807) is 18.2 Å². The van der Waals surface area contributed by atoms with Crippen LogP contribution in [0.2, 0.25) is 0 Å². The second-order valence-electron chi connectivity index (χ2n) is 5.40. The molecule has 2 aromatic carbocycles. The number of ether oxygens (including phenoxy) is 1. The molecule has 24 heavy (non-hydrogen) atoms. The van der Waals surface area contributed by atoms with Crippen molar-refractivity contribution in [2.24, 2.45) is 0 Å². The topological polar surface area (TPSA) is 75.6 Å². The van der Waals surface area contributed by atoms with Gasteiger partial charge in [-0.2, -0.15) is 0 Å². The number of carbonyl (C=O) groups excluding carboxylic acids is 1. The Morgan fingerprint density at radius 3 is 2.50 bits per heavy atom. The highest BCUT2D eigenvalue weighted by Gasteiger charge is 2.16. The summed E-state index contributed by atoms with van der Waals surface area (Å²) < 4.78 is 5.58. The fourth-order valence-corrected chi connectivity index (χ4v) is 2.55. The van der Waals surface area contributed by atoms with Crippen LogP contribution in [-0.2, 0) is 11.2 Å². The molecule has 0 fully saturated rings. The summed E-state index contributed by atoms with van der Waals surface area (Å²) in [6, 6.07) is 13.8. The number of para-hydroxylation sites is 1. The smallest absolute Gasteiger partial charge is 0.335 e. The Hall–Kier alpha value is -2.82. The Balaban J connectivity index is 2.09. The SMILES string of the molecule is CCOc1ccccc1C(C)NC(=O)Cc1ccccc1C(=O)O. The van der Waals surface area contributed by atoms with Crippen molar-refractivity contribution in [2.75, 3.05) is 6.61 Å². The Morgan fingerprint density at radius 1 is 1.12 bits per heavy atom. The van der Waals surface area contributed by atoms with Gasteiger partial charge in [-0.05, 0) is 31.5 Å². The van der Waals surface area contributed by atoms with Gasteiger partial charge in [0.2, 0.25) is 5.91 Å². The lowest BCUT2D eigenvalue weighted by Crippen LogP contribution is -2.29. The van der Waals surface area contributed by atoms with E-state index in [0.29, 0.717) is 12.2 Å². The molecule has 0 saturated heterocycles. The van der Waals surface area contributed by atoms with E-state index in [1.165, 1.54) is 6.07 Å². The fraction of sp³-hybridized carbons (Fsp3) is 0.263. The van der Waals surface area contributed by atoms with Crippen molar-refractivity contribution >= 4 is 11.9 Å². The van der Waals surface area contributed by atoms with Gasteiger partial charge in [-0.25, -0.2) is 4.79 Å². The maximum absolute atomic E-state index is 12.3. The van der Waals surface area contributed by atoms with Gasteiger partial charge in [0.15, 0.2) is 0 Å². The van der Waals surface area contributed by atoms with Crippen molar-refractivity contribution in [1.29, 1.82) is 0 Å². The summed E-state index contributed by atoms with van der Waals surface area (Å²) in [5.74, 6) is -0.533. The molecule has 0 saturated carbocycles. The van der Waals surface area contributed by atoms with Crippen LogP contribution in [0.5, 0.6) is 5.75 Å². The van der Waals surface area contributed by atoms with Crippen molar-refractivity contribution in [2.45, 2.75) is 26.3 Å². The summed E-state index contributed by atoms with van der Waals surface area (Å²) >= 11 is 0. The van der Waals surface area contributed by atoms with E-state index in [0.717, 1.165) is 11.3 Å². The largest absolute Gasteiger partial charge is 0.494 e. The zero-order chi connectivity index (χ0) is 17.5. The number of carboxylic acid groups (broad SMARTS) is 1. The van der Waals surface area contributed by atoms with Crippen molar-refractivity contribution in [3.05, 3.63) is 65.2 Å². The van der Waals surface area contributed by atoms with Gasteiger partial charge in [-0.1, -0.05) is 36.4 Å². The van der Waals surface area contributed by atoms with Crippen molar-refractivity contribution < 1.29 is 19.4 Å². The molecular formula is C19H21NO4. The second kappa shape index (κ2) is 8.15. The molecule has 0 radical (unpaired) electrons. The summed E-state index contributed by atoms with van der Waals surface area (Å²) in [6.07, 6.45) is 0.0175. The number of hydrogen-bond acceptors (Lipinski definition) is 3. The first-order valence-electron chi connectivity index (χ1n) is 7.85. The lowest BCUT2D eigenvalue weighted by Gasteiger charge is -2.18. The number of nitrogens with one attached hydrogen (secondary N) is 1. The summed E-state index contributed by atoms with van der Waals surface area (Å²) in [5.41, 5.74) is 1.53. The molecular weight excluding hydrogens is 306 g/mol. The van der Waals surface area contributed by atoms with Crippen molar-refractivity contribution in [3.8, 4) is 5.75 Å². The van der Waals surface area contributed by atoms with E-state index < -0.39 is 5.97 Å². The Bertz CT molecular complexity index is 727. The molecule has 1 amide bonds. The molecule has 1 unspecified atom stereocenters. The number of carbonyl (C=O) groups is 2. The van der Waals surface area contributed by atoms with Gasteiger partial charge < -0.3 is 15.2 Å². The number of carboxylic acids is 1. The molecule has 2 aromatic rings. The number of rotatable bonds is 7. The highest BCUT2D eigenvalue weighted by molar-refractivity contribution is 5.91. The first-order valence-corrected chi connectivity index (χ1v) is 7.85. The quantitative estimate of drug-likeness (QED) is 0.819. The van der Waals surface area contributed by atoms with Crippen LogP contribution in [0.4, 0.5) is 0 Å². The van der Waals surface area contributed by atoms with E-state index >= 15 is 0 Å². The number of aromatic carboxylic acids is 1. The molecule has 0 aliphatic carbocycles. The molecule has 0 aliphatic heterocycles. The molecule has 5 heteroatoms. The minimum Gasteiger partial charge on any atom is -0.494 e. The predicted molar refractivity (Wildman–Crippen MR) is 91.3 cm³/mol. The van der Waals surface area contributed by atoms with Gasteiger partial charge >= 0.3 is 5.97 Å². The number of benzene rings is 2. The highest BCUT2D eigenvalue weighted by Crippen LogP contribution is 2.24. The van der Waals surface area contributed by atoms with E-state index in [1.807, 2.05) is 38.1 Å². The lowest BCUT2D eigenvalue weighted by molar-refractivity contribution is -0.121. The molecule has 1 atom stereocenters. The average molecular weight is 327 g/mol. The molecule has 2 N–H and O–H groups in total. The normalized spacial score (nSPS) is 11.6. The van der Waals surface area contributed by atoms with Crippen LogP contribution in [0.25, 0.3) is 0 Å². The third-order valence-corrected chi connectivity index (χ3v) is 3.66. The highest BCUT2D eigenvalue weighted by atomic mass is 16.5. The third-order valence-electron chi connectivity index (χ3n) is 3.66. The first kappa shape index (κ1) is 17.5. The van der Waals surface area contributed by atoms with E-state index in [-0.39, 0.29) is 23.9 Å². The molecule has 0 aromatic heterocycles. The average Bonchev–Trinajstić information content (AvgIpc) is 2.55. The van der Waals surface area contributed by atoms with Crippen LogP contribution in [0, 0.1) is 0 Å². The molecule has 0 heterocycles. The standard InChI is InChI=1S/C19H21NO4/c1-3-24-17-11-7-6-9-15(17)13(2)20-18(21)12-14-8-4-5-10-16(14)19(22)23/h4-11,13H,3,12H2,1-2H3,(H,20,21)(H,22,23). The van der Waals surface area contributed by atoms with Crippen LogP contribution in [0.1, 0.15) is 41.4 Å². The summed E-state index contributed by atoms with van der Waals surface area (Å²) in [6.45, 7) is 4.32. The second-order valence-corrected chi connectivity index (χ2v) is 5.40. The maximum atomic E-state index is 12.3. The fourth-order valence-electron chi connectivity index (χ4n) is 2.55. The Morgan fingerprint density at radius 2 is 1.79 bits per heavy atom. The zero-order valence-electron chi connectivity index (χ0n) is 13.8. The molecule has 0 bridgehead atoms. The summed E-state index contributed by atoms with van der Waals surface area (Å²) in [4.78, 5) is 23.5. The van der Waals surface area contributed by atoms with Gasteiger partial charge in [-0.15, -0.1) is 0 Å². The molecule has 2 rings (SSSR count). The van der Waals surface area contributed by atoms with E-state index in [2.05, 4.69) is 5.32 Å². The molecule has 0 spiro atoms. The molecule has 126 valence electrons. The van der Waals surface area contributed by atoms with Gasteiger partial charge in [0.05, 0.1) is 24.6 Å². The lowest BCUT2D eigenvalue weighted by atomic mass is 10.0. The Kier molecular flexibility index (Phi) is 5.95. The van der Waals surface area contributed by atoms with Gasteiger partial charge in [0.25, 0.3) is 0 Å². The molecule has 5 nitrogen and oxygen atoms in total. The van der Waals surface area contributed by atoms with Crippen LogP contribution in [0.15, 0.2) is 48.5 Å².